The molecule has 1 heterocycles. The Hall–Kier alpha value is -1.85. The number of hydrogen-bond acceptors (Lipinski definition) is 2. The van der Waals surface area contributed by atoms with E-state index in [2.05, 4.69) is 21.2 Å². The van der Waals surface area contributed by atoms with Crippen LogP contribution in [-0.4, -0.2) is 18.4 Å². The van der Waals surface area contributed by atoms with Crippen molar-refractivity contribution in [1.82, 2.24) is 0 Å². The molecular formula is C18H16BrClN2O2. The van der Waals surface area contributed by atoms with Gasteiger partial charge < -0.3 is 10.2 Å². The van der Waals surface area contributed by atoms with E-state index < -0.39 is 5.92 Å². The number of carbonyl (C=O) groups excluding carboxylic acids is 2. The third-order valence-electron chi connectivity index (χ3n) is 4.09. The van der Waals surface area contributed by atoms with Crippen LogP contribution in [0.4, 0.5) is 11.4 Å². The van der Waals surface area contributed by atoms with Crippen LogP contribution < -0.4 is 10.2 Å². The summed E-state index contributed by atoms with van der Waals surface area (Å²) in [5.41, 5.74) is 2.37. The summed E-state index contributed by atoms with van der Waals surface area (Å²) in [4.78, 5) is 26.4. The van der Waals surface area contributed by atoms with E-state index in [4.69, 9.17) is 11.6 Å². The summed E-state index contributed by atoms with van der Waals surface area (Å²) in [5.74, 6) is -0.629. The Labute approximate surface area is 153 Å². The van der Waals surface area contributed by atoms with Crippen LogP contribution in [0.1, 0.15) is 12.0 Å². The molecule has 24 heavy (non-hydrogen) atoms. The van der Waals surface area contributed by atoms with Gasteiger partial charge in [-0.3, -0.25) is 9.59 Å². The molecular weight excluding hydrogens is 392 g/mol. The van der Waals surface area contributed by atoms with Crippen LogP contribution in [0.15, 0.2) is 46.9 Å². The van der Waals surface area contributed by atoms with E-state index in [-0.39, 0.29) is 18.2 Å². The van der Waals surface area contributed by atoms with Crippen molar-refractivity contribution < 1.29 is 9.59 Å². The quantitative estimate of drug-likeness (QED) is 0.819. The Morgan fingerprint density at radius 3 is 2.75 bits per heavy atom. The second-order valence-electron chi connectivity index (χ2n) is 5.81. The van der Waals surface area contributed by atoms with Crippen LogP contribution in [0.25, 0.3) is 0 Å². The van der Waals surface area contributed by atoms with Gasteiger partial charge in [-0.15, -0.1) is 0 Å². The zero-order valence-corrected chi connectivity index (χ0v) is 15.4. The molecule has 1 saturated heterocycles. The maximum absolute atomic E-state index is 12.5. The SMILES string of the molecule is Cc1cc(Br)ccc1NC(=O)[C@@H]1CC(=O)N(c2ccccc2Cl)C1. The van der Waals surface area contributed by atoms with Crippen molar-refractivity contribution >= 4 is 50.7 Å². The second-order valence-corrected chi connectivity index (χ2v) is 7.13. The van der Waals surface area contributed by atoms with Crippen LogP contribution in [-0.2, 0) is 9.59 Å². The summed E-state index contributed by atoms with van der Waals surface area (Å²) in [6.45, 7) is 2.26. The van der Waals surface area contributed by atoms with E-state index in [0.717, 1.165) is 15.7 Å². The molecule has 2 aromatic rings. The number of amides is 2. The topological polar surface area (TPSA) is 49.4 Å². The number of anilines is 2. The Bertz CT molecular complexity index is 809. The van der Waals surface area contributed by atoms with Crippen molar-refractivity contribution in [2.24, 2.45) is 5.92 Å². The predicted molar refractivity (Wildman–Crippen MR) is 99.4 cm³/mol. The fourth-order valence-corrected chi connectivity index (χ4v) is 3.50. The van der Waals surface area contributed by atoms with E-state index in [0.29, 0.717) is 17.3 Å². The number of benzene rings is 2. The van der Waals surface area contributed by atoms with Crippen molar-refractivity contribution in [3.8, 4) is 0 Å². The number of nitrogens with zero attached hydrogens (tertiary/aromatic N) is 1. The van der Waals surface area contributed by atoms with Crippen LogP contribution in [0.5, 0.6) is 0 Å². The lowest BCUT2D eigenvalue weighted by molar-refractivity contribution is -0.122. The summed E-state index contributed by atoms with van der Waals surface area (Å²) in [5, 5.41) is 3.42. The molecule has 0 saturated carbocycles. The van der Waals surface area contributed by atoms with Crippen LogP contribution in [0.2, 0.25) is 5.02 Å². The average molecular weight is 408 g/mol. The number of hydrogen-bond donors (Lipinski definition) is 1. The number of para-hydroxylation sites is 1. The van der Waals surface area contributed by atoms with Crippen molar-refractivity contribution in [3.05, 3.63) is 57.5 Å². The maximum atomic E-state index is 12.5. The fraction of sp³-hybridized carbons (Fsp3) is 0.222. The summed E-state index contributed by atoms with van der Waals surface area (Å²) in [6, 6.07) is 12.8. The highest BCUT2D eigenvalue weighted by Crippen LogP contribution is 2.31. The molecule has 0 aromatic heterocycles. The molecule has 3 rings (SSSR count). The third kappa shape index (κ3) is 3.47. The Morgan fingerprint density at radius 2 is 2.04 bits per heavy atom. The molecule has 1 N–H and O–H groups in total. The van der Waals surface area contributed by atoms with Crippen molar-refractivity contribution in [3.63, 3.8) is 0 Å². The normalized spacial score (nSPS) is 17.2. The Balaban J connectivity index is 1.73. The maximum Gasteiger partial charge on any atom is 0.229 e. The molecule has 1 atom stereocenters. The molecule has 124 valence electrons. The largest absolute Gasteiger partial charge is 0.326 e. The van der Waals surface area contributed by atoms with Crippen LogP contribution in [0, 0.1) is 12.8 Å². The summed E-state index contributed by atoms with van der Waals surface area (Å²) >= 11 is 9.56. The van der Waals surface area contributed by atoms with Gasteiger partial charge in [0.1, 0.15) is 0 Å². The summed E-state index contributed by atoms with van der Waals surface area (Å²) in [7, 11) is 0. The molecule has 0 unspecified atom stereocenters. The van der Waals surface area contributed by atoms with E-state index in [1.165, 1.54) is 0 Å². The molecule has 1 aliphatic heterocycles. The smallest absolute Gasteiger partial charge is 0.229 e. The minimum Gasteiger partial charge on any atom is -0.326 e. The van der Waals surface area contributed by atoms with Gasteiger partial charge in [0, 0.05) is 23.1 Å². The first-order chi connectivity index (χ1) is 11.5. The Kier molecular flexibility index (Phi) is 4.92. The lowest BCUT2D eigenvalue weighted by atomic mass is 10.1. The lowest BCUT2D eigenvalue weighted by Gasteiger charge is -2.18. The minimum absolute atomic E-state index is 0.0872. The number of rotatable bonds is 3. The molecule has 6 heteroatoms. The standard InChI is InChI=1S/C18H16BrClN2O2/c1-11-8-13(19)6-7-15(11)21-18(24)12-9-17(23)22(10-12)16-5-3-2-4-14(16)20/h2-8,12H,9-10H2,1H3,(H,21,24)/t12-/m1/s1. The average Bonchev–Trinajstić information content (AvgIpc) is 2.92. The molecule has 2 amide bonds. The lowest BCUT2D eigenvalue weighted by Crippen LogP contribution is -2.28. The summed E-state index contributed by atoms with van der Waals surface area (Å²) in [6.07, 6.45) is 0.187. The van der Waals surface area contributed by atoms with Crippen molar-refractivity contribution in [2.45, 2.75) is 13.3 Å². The van der Waals surface area contributed by atoms with E-state index in [1.54, 1.807) is 17.0 Å². The van der Waals surface area contributed by atoms with E-state index in [9.17, 15) is 9.59 Å². The van der Waals surface area contributed by atoms with Gasteiger partial charge >= 0.3 is 0 Å². The zero-order valence-electron chi connectivity index (χ0n) is 13.1. The molecule has 0 bridgehead atoms. The summed E-state index contributed by atoms with van der Waals surface area (Å²) < 4.78 is 0.957. The van der Waals surface area contributed by atoms with Crippen LogP contribution >= 0.6 is 27.5 Å². The Morgan fingerprint density at radius 1 is 1.29 bits per heavy atom. The molecule has 1 aliphatic rings. The first kappa shape index (κ1) is 17.0. The van der Waals surface area contributed by atoms with Crippen molar-refractivity contribution in [2.75, 3.05) is 16.8 Å². The monoisotopic (exact) mass is 406 g/mol. The zero-order chi connectivity index (χ0) is 17.3. The first-order valence-electron chi connectivity index (χ1n) is 7.57. The molecule has 0 aliphatic carbocycles. The highest BCUT2D eigenvalue weighted by molar-refractivity contribution is 9.10. The van der Waals surface area contributed by atoms with Crippen LogP contribution in [0.3, 0.4) is 0 Å². The van der Waals surface area contributed by atoms with Gasteiger partial charge in [0.15, 0.2) is 0 Å². The van der Waals surface area contributed by atoms with Gasteiger partial charge in [-0.25, -0.2) is 0 Å². The van der Waals surface area contributed by atoms with Crippen molar-refractivity contribution in [1.29, 1.82) is 0 Å². The highest BCUT2D eigenvalue weighted by atomic mass is 79.9. The highest BCUT2D eigenvalue weighted by Gasteiger charge is 2.35. The number of halogens is 2. The van der Waals surface area contributed by atoms with E-state index in [1.807, 2.05) is 37.3 Å². The van der Waals surface area contributed by atoms with E-state index >= 15 is 0 Å². The minimum atomic E-state index is -0.392. The number of carbonyl (C=O) groups is 2. The molecule has 0 radical (unpaired) electrons. The molecule has 0 spiro atoms. The van der Waals surface area contributed by atoms with Gasteiger partial charge in [0.05, 0.1) is 16.6 Å². The first-order valence-corrected chi connectivity index (χ1v) is 8.74. The fourth-order valence-electron chi connectivity index (χ4n) is 2.79. The van der Waals surface area contributed by atoms with Gasteiger partial charge in [-0.2, -0.15) is 0 Å². The number of aryl methyl sites for hydroxylation is 1. The molecule has 4 nitrogen and oxygen atoms in total. The van der Waals surface area contributed by atoms with Gasteiger partial charge in [-0.1, -0.05) is 39.7 Å². The van der Waals surface area contributed by atoms with Gasteiger partial charge in [0.25, 0.3) is 0 Å². The molecule has 2 aromatic carbocycles. The second kappa shape index (κ2) is 6.95. The third-order valence-corrected chi connectivity index (χ3v) is 4.90. The number of nitrogens with one attached hydrogen (secondary N) is 1. The molecule has 1 fully saturated rings. The van der Waals surface area contributed by atoms with Gasteiger partial charge in [0.2, 0.25) is 11.8 Å². The predicted octanol–water partition coefficient (Wildman–Crippen LogP) is 4.40. The van der Waals surface area contributed by atoms with Gasteiger partial charge in [-0.05, 0) is 42.8 Å².